The highest BCUT2D eigenvalue weighted by molar-refractivity contribution is 7.90. The van der Waals surface area contributed by atoms with Crippen LogP contribution in [-0.4, -0.2) is 103 Å². The smallest absolute Gasteiger partial charge is 0.332 e. The highest BCUT2D eigenvalue weighted by atomic mass is 32.2. The number of carbonyl (C=O) groups is 6. The third-order valence-corrected chi connectivity index (χ3v) is 13.9. The molecular formula is C46H54N4O12S. The third-order valence-electron chi connectivity index (χ3n) is 12.1. The predicted octanol–water partition coefficient (Wildman–Crippen LogP) is 4.58. The fourth-order valence-corrected chi connectivity index (χ4v) is 9.76. The number of aromatic nitrogens is 1. The first kappa shape index (κ1) is 45.2. The van der Waals surface area contributed by atoms with E-state index in [0.717, 1.165) is 5.56 Å². The Morgan fingerprint density at radius 3 is 2.43 bits per heavy atom. The van der Waals surface area contributed by atoms with Crippen molar-refractivity contribution in [2.24, 2.45) is 17.3 Å². The summed E-state index contributed by atoms with van der Waals surface area (Å²) in [4.78, 5) is 87.9. The van der Waals surface area contributed by atoms with Crippen LogP contribution in [0.3, 0.4) is 0 Å². The summed E-state index contributed by atoms with van der Waals surface area (Å²) < 4.78 is 50.7. The van der Waals surface area contributed by atoms with E-state index in [1.807, 2.05) is 30.3 Å². The van der Waals surface area contributed by atoms with Crippen LogP contribution in [0.2, 0.25) is 0 Å². The maximum Gasteiger partial charge on any atom is 0.332 e. The summed E-state index contributed by atoms with van der Waals surface area (Å²) in [5.41, 5.74) is -0.300. The fraction of sp³-hybridized carbons (Fsp3) is 0.500. The summed E-state index contributed by atoms with van der Waals surface area (Å²) >= 11 is 0. The van der Waals surface area contributed by atoms with Gasteiger partial charge in [0, 0.05) is 48.3 Å². The number of hydrogen-bond donors (Lipinski definition) is 2. The number of nitrogens with zero attached hydrogens (tertiary/aromatic N) is 2. The molecule has 1 aromatic heterocycles. The number of methoxy groups -OCH3 is 1. The average molecular weight is 887 g/mol. The van der Waals surface area contributed by atoms with Crippen molar-refractivity contribution in [1.29, 1.82) is 0 Å². The van der Waals surface area contributed by atoms with Crippen LogP contribution in [0.5, 0.6) is 11.5 Å². The molecule has 16 nitrogen and oxygen atoms in total. The Bertz CT molecular complexity index is 2430. The van der Waals surface area contributed by atoms with Crippen molar-refractivity contribution in [2.75, 3.05) is 13.7 Å². The maximum atomic E-state index is 14.9. The van der Waals surface area contributed by atoms with E-state index in [2.05, 4.69) is 16.6 Å². The number of ether oxygens (including phenoxy) is 4. The van der Waals surface area contributed by atoms with Gasteiger partial charge in [0.1, 0.15) is 29.3 Å². The minimum Gasteiger partial charge on any atom is -0.497 e. The van der Waals surface area contributed by atoms with Gasteiger partial charge in [-0.05, 0) is 71.4 Å². The van der Waals surface area contributed by atoms with Gasteiger partial charge >= 0.3 is 11.9 Å². The second kappa shape index (κ2) is 17.7. The lowest BCUT2D eigenvalue weighted by molar-refractivity contribution is -0.176. The van der Waals surface area contributed by atoms with Crippen LogP contribution in [0.4, 0.5) is 0 Å². The molecule has 2 saturated carbocycles. The van der Waals surface area contributed by atoms with Crippen molar-refractivity contribution >= 4 is 56.4 Å². The number of likely N-dealkylation sites (tertiary alicyclic amines) is 1. The lowest BCUT2D eigenvalue weighted by atomic mass is 9.90. The number of benzene rings is 2. The van der Waals surface area contributed by atoms with E-state index in [4.69, 9.17) is 23.9 Å². The molecule has 2 saturated heterocycles. The first-order valence-corrected chi connectivity index (χ1v) is 22.8. The first-order chi connectivity index (χ1) is 29.8. The summed E-state index contributed by atoms with van der Waals surface area (Å²) in [6.07, 6.45) is 0.0829. The van der Waals surface area contributed by atoms with Gasteiger partial charge in [-0.2, -0.15) is 0 Å². The third kappa shape index (κ3) is 10.2. The maximum absolute atomic E-state index is 14.9. The van der Waals surface area contributed by atoms with E-state index in [-0.39, 0.29) is 38.6 Å². The summed E-state index contributed by atoms with van der Waals surface area (Å²) in [5, 5.41) is 2.59. The number of Topliss-reactive ketones (excluding diaryl/α,β-unsaturated/α-hetero) is 1. The molecule has 0 radical (unpaired) electrons. The van der Waals surface area contributed by atoms with Gasteiger partial charge in [0.05, 0.1) is 48.0 Å². The van der Waals surface area contributed by atoms with E-state index >= 15 is 0 Å². The lowest BCUT2D eigenvalue weighted by Crippen LogP contribution is -2.58. The van der Waals surface area contributed by atoms with Crippen molar-refractivity contribution in [3.05, 3.63) is 67.3 Å². The molecule has 4 aliphatic rings. The minimum atomic E-state index is -3.94. The van der Waals surface area contributed by atoms with Crippen molar-refractivity contribution in [1.82, 2.24) is 19.9 Å². The van der Waals surface area contributed by atoms with Crippen LogP contribution >= 0.6 is 0 Å². The van der Waals surface area contributed by atoms with Gasteiger partial charge in [-0.15, -0.1) is 6.58 Å². The number of amides is 3. The van der Waals surface area contributed by atoms with Gasteiger partial charge in [0.2, 0.25) is 27.7 Å². The van der Waals surface area contributed by atoms with Crippen LogP contribution in [0.15, 0.2) is 67.3 Å². The molecule has 1 unspecified atom stereocenters. The summed E-state index contributed by atoms with van der Waals surface area (Å²) in [5.74, 6) is -4.35. The monoisotopic (exact) mass is 886 g/mol. The molecular weight excluding hydrogens is 833 g/mol. The molecule has 63 heavy (non-hydrogen) atoms. The molecule has 336 valence electrons. The molecule has 3 heterocycles. The van der Waals surface area contributed by atoms with Crippen LogP contribution in [-0.2, 0) is 48.3 Å². The Kier molecular flexibility index (Phi) is 12.7. The topological polar surface area (TPSA) is 214 Å². The number of nitrogens with one attached hydrogen (secondary N) is 2. The van der Waals surface area contributed by atoms with Crippen molar-refractivity contribution in [3.63, 3.8) is 0 Å². The Morgan fingerprint density at radius 2 is 1.81 bits per heavy atom. The zero-order chi connectivity index (χ0) is 45.4. The molecule has 2 aliphatic heterocycles. The van der Waals surface area contributed by atoms with Crippen molar-refractivity contribution in [3.8, 4) is 22.8 Å². The molecule has 3 aromatic rings. The summed E-state index contributed by atoms with van der Waals surface area (Å²) in [6.45, 7) is 10.4. The number of sulfonamides is 1. The average Bonchev–Trinajstić information content (AvgIpc) is 4.17. The quantitative estimate of drug-likeness (QED) is 0.132. The van der Waals surface area contributed by atoms with E-state index in [1.165, 1.54) is 11.0 Å². The molecule has 3 amide bonds. The zero-order valence-corrected chi connectivity index (χ0v) is 36.9. The van der Waals surface area contributed by atoms with E-state index in [1.54, 1.807) is 59.1 Å². The Labute approximate surface area is 366 Å². The largest absolute Gasteiger partial charge is 0.497 e. The first-order valence-electron chi connectivity index (χ1n) is 21.2. The van der Waals surface area contributed by atoms with Crippen LogP contribution in [0.1, 0.15) is 79.1 Å². The Hall–Kier alpha value is -5.84. The highest BCUT2D eigenvalue weighted by Crippen LogP contribution is 2.57. The Morgan fingerprint density at radius 1 is 1.08 bits per heavy atom. The number of allylic oxidation sites excluding steroid dienone is 1. The number of esters is 2. The van der Waals surface area contributed by atoms with Gasteiger partial charge in [0.25, 0.3) is 0 Å². The standard InChI is InChI=1S/C46H54N4O12S/c1-7-29-23-46(29,44(56)49-63(57,58)32-15-16-32)24-37(51)36-21-31(61-38-22-34(27-11-9-8-10-12-27)47-35-20-30(59-6)14-17-33(35)38)25-50(36)42(54)28(19-40(53)62-45(3,4)5)13-18-39(52)48-41-26(2)60-43(41)55/h7-12,14,17,20,22,26,28-29,31-32,36,41H,1,13,15-16,18-19,21,23-25H2,2-6H3,(H,48,52)(H,49,56)/t26-,28-,29-,31?,36+,41+,46-/m1/s1. The molecule has 0 bridgehead atoms. The van der Waals surface area contributed by atoms with E-state index < -0.39 is 104 Å². The number of ketones is 1. The highest BCUT2D eigenvalue weighted by Gasteiger charge is 2.61. The number of cyclic esters (lactones) is 1. The van der Waals surface area contributed by atoms with Crippen molar-refractivity contribution in [2.45, 2.75) is 114 Å². The summed E-state index contributed by atoms with van der Waals surface area (Å²) in [6, 6.07) is 14.6. The summed E-state index contributed by atoms with van der Waals surface area (Å²) in [7, 11) is -2.39. The second-order valence-electron chi connectivity index (χ2n) is 18.0. The number of hydrogen-bond acceptors (Lipinski definition) is 13. The van der Waals surface area contributed by atoms with Gasteiger partial charge < -0.3 is 29.2 Å². The molecule has 2 N–H and O–H groups in total. The molecule has 7 rings (SSSR count). The number of rotatable bonds is 18. The number of fused-ring (bicyclic) bond motifs is 1. The van der Waals surface area contributed by atoms with E-state index in [9.17, 15) is 37.2 Å². The zero-order valence-electron chi connectivity index (χ0n) is 36.1. The minimum absolute atomic E-state index is 0.0105. The molecule has 4 fully saturated rings. The van der Waals surface area contributed by atoms with Gasteiger partial charge in [-0.3, -0.25) is 28.7 Å². The lowest BCUT2D eigenvalue weighted by Gasteiger charge is -2.33. The molecule has 2 aliphatic carbocycles. The molecule has 2 aromatic carbocycles. The molecule has 0 spiro atoms. The number of pyridine rings is 1. The van der Waals surface area contributed by atoms with E-state index in [0.29, 0.717) is 40.9 Å². The Balaban J connectivity index is 1.20. The predicted molar refractivity (Wildman–Crippen MR) is 229 cm³/mol. The van der Waals surface area contributed by atoms with Crippen LogP contribution < -0.4 is 19.5 Å². The number of carbonyl (C=O) groups excluding carboxylic acids is 6. The van der Waals surface area contributed by atoms with Crippen LogP contribution in [0.25, 0.3) is 22.2 Å². The normalized spacial score (nSPS) is 24.6. The van der Waals surface area contributed by atoms with Gasteiger partial charge in [0.15, 0.2) is 11.8 Å². The SMILES string of the molecule is C=C[C@@H]1C[C@]1(CC(=O)[C@@H]1CC(Oc2cc(-c3ccccc3)nc3cc(OC)ccc23)CN1C(=O)[C@H](CCC(=O)N[C@@H]1C(=O)O[C@@H]1C)CC(=O)OC(C)(C)C)C(=O)NS(=O)(=O)C1CC1. The second-order valence-corrected chi connectivity index (χ2v) is 19.9. The fourth-order valence-electron chi connectivity index (χ4n) is 8.38. The van der Waals surface area contributed by atoms with Gasteiger partial charge in [-0.1, -0.05) is 36.4 Å². The van der Waals surface area contributed by atoms with Crippen molar-refractivity contribution < 1.29 is 56.1 Å². The van der Waals surface area contributed by atoms with Gasteiger partial charge in [-0.25, -0.2) is 18.2 Å². The molecule has 17 heteroatoms. The van der Waals surface area contributed by atoms with Crippen LogP contribution in [0, 0.1) is 17.3 Å². The molecule has 7 atom stereocenters.